The predicted molar refractivity (Wildman–Crippen MR) is 126 cm³/mol. The van der Waals surface area contributed by atoms with Crippen LogP contribution in [-0.2, 0) is 22.6 Å². The molecule has 3 aromatic rings. The minimum absolute atomic E-state index is 0.000949. The summed E-state index contributed by atoms with van der Waals surface area (Å²) in [5, 5.41) is 2.85. The van der Waals surface area contributed by atoms with Gasteiger partial charge in [0.05, 0.1) is 0 Å². The molecule has 0 unspecified atom stereocenters. The van der Waals surface area contributed by atoms with E-state index in [9.17, 15) is 14.0 Å². The van der Waals surface area contributed by atoms with E-state index in [1.165, 1.54) is 17.0 Å². The average Bonchev–Trinajstić information content (AvgIpc) is 2.81. The number of carbonyl (C=O) groups is 2. The SMILES string of the molecule is CCNC(=O)[C@@H](Cc1ccccc1)N(Cc1cccc(C)c1)C(=O)COc1ccccc1F. The molecule has 0 bridgehead atoms. The van der Waals surface area contributed by atoms with Gasteiger partial charge in [0, 0.05) is 19.5 Å². The van der Waals surface area contributed by atoms with Crippen molar-refractivity contribution in [3.8, 4) is 5.75 Å². The average molecular weight is 449 g/mol. The van der Waals surface area contributed by atoms with Gasteiger partial charge in [-0.3, -0.25) is 9.59 Å². The Hall–Kier alpha value is -3.67. The number of ether oxygens (including phenoxy) is 1. The van der Waals surface area contributed by atoms with Crippen molar-refractivity contribution in [2.45, 2.75) is 32.9 Å². The predicted octanol–water partition coefficient (Wildman–Crippen LogP) is 4.29. The van der Waals surface area contributed by atoms with Crippen LogP contribution in [0.25, 0.3) is 0 Å². The van der Waals surface area contributed by atoms with Crippen molar-refractivity contribution in [2.75, 3.05) is 13.2 Å². The van der Waals surface area contributed by atoms with Gasteiger partial charge in [0.25, 0.3) is 5.91 Å². The van der Waals surface area contributed by atoms with Gasteiger partial charge in [0.15, 0.2) is 18.2 Å². The summed E-state index contributed by atoms with van der Waals surface area (Å²) in [4.78, 5) is 28.0. The fourth-order valence-electron chi connectivity index (χ4n) is 3.64. The van der Waals surface area contributed by atoms with Crippen LogP contribution in [0, 0.1) is 12.7 Å². The second kappa shape index (κ2) is 11.8. The van der Waals surface area contributed by atoms with Crippen LogP contribution >= 0.6 is 0 Å². The molecule has 5 nitrogen and oxygen atoms in total. The van der Waals surface area contributed by atoms with Crippen molar-refractivity contribution in [1.29, 1.82) is 0 Å². The number of benzene rings is 3. The highest BCUT2D eigenvalue weighted by Crippen LogP contribution is 2.18. The Balaban J connectivity index is 1.90. The van der Waals surface area contributed by atoms with Gasteiger partial charge in [0.1, 0.15) is 6.04 Å². The van der Waals surface area contributed by atoms with Crippen LogP contribution in [-0.4, -0.2) is 35.9 Å². The zero-order valence-electron chi connectivity index (χ0n) is 19.0. The third-order valence-corrected chi connectivity index (χ3v) is 5.25. The maximum absolute atomic E-state index is 14.0. The monoisotopic (exact) mass is 448 g/mol. The van der Waals surface area contributed by atoms with Gasteiger partial charge in [-0.25, -0.2) is 4.39 Å². The van der Waals surface area contributed by atoms with Crippen LogP contribution in [0.2, 0.25) is 0 Å². The number of halogens is 1. The number of amides is 2. The number of aryl methyl sites for hydroxylation is 1. The number of hydrogen-bond donors (Lipinski definition) is 1. The summed E-state index contributed by atoms with van der Waals surface area (Å²) < 4.78 is 19.5. The summed E-state index contributed by atoms with van der Waals surface area (Å²) in [6.45, 7) is 4.11. The Kier molecular flexibility index (Phi) is 8.58. The van der Waals surface area contributed by atoms with Crippen LogP contribution in [0.5, 0.6) is 5.75 Å². The first-order valence-corrected chi connectivity index (χ1v) is 11.0. The van der Waals surface area contributed by atoms with Crippen molar-refractivity contribution in [2.24, 2.45) is 0 Å². The second-order valence-electron chi connectivity index (χ2n) is 7.83. The van der Waals surface area contributed by atoms with Crippen LogP contribution in [0.3, 0.4) is 0 Å². The van der Waals surface area contributed by atoms with Crippen LogP contribution in [0.4, 0.5) is 4.39 Å². The quantitative estimate of drug-likeness (QED) is 0.503. The van der Waals surface area contributed by atoms with Gasteiger partial charge in [-0.15, -0.1) is 0 Å². The van der Waals surface area contributed by atoms with E-state index in [1.54, 1.807) is 12.1 Å². The van der Waals surface area contributed by atoms with Gasteiger partial charge >= 0.3 is 0 Å². The molecule has 0 saturated heterocycles. The summed E-state index contributed by atoms with van der Waals surface area (Å²) in [6, 6.07) is 22.6. The lowest BCUT2D eigenvalue weighted by molar-refractivity contribution is -0.142. The van der Waals surface area contributed by atoms with Crippen molar-refractivity contribution in [1.82, 2.24) is 10.2 Å². The highest BCUT2D eigenvalue weighted by atomic mass is 19.1. The highest BCUT2D eigenvalue weighted by Gasteiger charge is 2.30. The third kappa shape index (κ3) is 6.91. The lowest BCUT2D eigenvalue weighted by atomic mass is 10.0. The number of nitrogens with zero attached hydrogens (tertiary/aromatic N) is 1. The largest absolute Gasteiger partial charge is 0.481 e. The molecule has 0 aliphatic heterocycles. The van der Waals surface area contributed by atoms with Crippen LogP contribution in [0.1, 0.15) is 23.6 Å². The van der Waals surface area contributed by atoms with E-state index in [-0.39, 0.29) is 24.8 Å². The molecule has 0 aromatic heterocycles. The van der Waals surface area contributed by atoms with Gasteiger partial charge in [-0.05, 0) is 37.1 Å². The molecule has 6 heteroatoms. The molecule has 0 aliphatic carbocycles. The zero-order valence-corrected chi connectivity index (χ0v) is 19.0. The molecule has 172 valence electrons. The molecule has 3 aromatic carbocycles. The molecule has 33 heavy (non-hydrogen) atoms. The summed E-state index contributed by atoms with van der Waals surface area (Å²) in [6.07, 6.45) is 0.351. The summed E-state index contributed by atoms with van der Waals surface area (Å²) in [5.41, 5.74) is 2.89. The van der Waals surface area contributed by atoms with Gasteiger partial charge in [0.2, 0.25) is 5.91 Å². The van der Waals surface area contributed by atoms with Gasteiger partial charge in [-0.1, -0.05) is 72.3 Å². The minimum Gasteiger partial charge on any atom is -0.481 e. The molecule has 0 radical (unpaired) electrons. The molecule has 0 fully saturated rings. The molecular weight excluding hydrogens is 419 g/mol. The number of rotatable bonds is 10. The molecule has 0 aliphatic rings. The number of hydrogen-bond acceptors (Lipinski definition) is 3. The molecule has 0 spiro atoms. The van der Waals surface area contributed by atoms with Gasteiger partial charge in [-0.2, -0.15) is 0 Å². The lowest BCUT2D eigenvalue weighted by Gasteiger charge is -2.31. The third-order valence-electron chi connectivity index (χ3n) is 5.25. The molecule has 0 saturated carbocycles. The maximum Gasteiger partial charge on any atom is 0.261 e. The standard InChI is InChI=1S/C27H29FN2O3/c1-3-29-27(32)24(17-21-11-5-4-6-12-21)30(18-22-13-9-10-20(2)16-22)26(31)19-33-25-15-8-7-14-23(25)28/h4-16,24H,3,17-19H2,1-2H3,(H,29,32)/t24-/m1/s1. The molecule has 1 atom stereocenters. The number of nitrogens with one attached hydrogen (secondary N) is 1. The molecule has 1 N–H and O–H groups in total. The maximum atomic E-state index is 14.0. The molecule has 0 heterocycles. The van der Waals surface area contributed by atoms with E-state index in [0.29, 0.717) is 13.0 Å². The Bertz CT molecular complexity index is 1070. The summed E-state index contributed by atoms with van der Waals surface area (Å²) in [5.74, 6) is -1.18. The van der Waals surface area contributed by atoms with Crippen LogP contribution in [0.15, 0.2) is 78.9 Å². The fourth-order valence-corrected chi connectivity index (χ4v) is 3.64. The van der Waals surface area contributed by atoms with Crippen LogP contribution < -0.4 is 10.1 Å². The number of para-hydroxylation sites is 1. The number of likely N-dealkylation sites (N-methyl/N-ethyl adjacent to an activating group) is 1. The Labute approximate surface area is 194 Å². The van der Waals surface area contributed by atoms with E-state index in [2.05, 4.69) is 5.32 Å². The Morgan fingerprint density at radius 1 is 0.970 bits per heavy atom. The van der Waals surface area contributed by atoms with Crippen molar-refractivity contribution in [3.05, 3.63) is 101 Å². The summed E-state index contributed by atoms with van der Waals surface area (Å²) >= 11 is 0. The van der Waals surface area contributed by atoms with Crippen molar-refractivity contribution >= 4 is 11.8 Å². The molecular formula is C27H29FN2O3. The Morgan fingerprint density at radius 3 is 2.36 bits per heavy atom. The van der Waals surface area contributed by atoms with Gasteiger partial charge < -0.3 is 15.0 Å². The molecule has 2 amide bonds. The van der Waals surface area contributed by atoms with Crippen molar-refractivity contribution < 1.29 is 18.7 Å². The summed E-state index contributed by atoms with van der Waals surface area (Å²) in [7, 11) is 0. The normalized spacial score (nSPS) is 11.5. The smallest absolute Gasteiger partial charge is 0.261 e. The topological polar surface area (TPSA) is 58.6 Å². The molecule has 3 rings (SSSR count). The van der Waals surface area contributed by atoms with E-state index in [0.717, 1.165) is 16.7 Å². The fraction of sp³-hybridized carbons (Fsp3) is 0.259. The number of carbonyl (C=O) groups excluding carboxylic acids is 2. The van der Waals surface area contributed by atoms with E-state index < -0.39 is 17.8 Å². The zero-order chi connectivity index (χ0) is 23.6. The first kappa shape index (κ1) is 24.0. The lowest BCUT2D eigenvalue weighted by Crippen LogP contribution is -2.51. The van der Waals surface area contributed by atoms with E-state index in [4.69, 9.17) is 4.74 Å². The first-order valence-electron chi connectivity index (χ1n) is 11.0. The first-order chi connectivity index (χ1) is 16.0. The highest BCUT2D eigenvalue weighted by molar-refractivity contribution is 5.88. The van der Waals surface area contributed by atoms with E-state index in [1.807, 2.05) is 68.4 Å². The second-order valence-corrected chi connectivity index (χ2v) is 7.83. The van der Waals surface area contributed by atoms with Crippen molar-refractivity contribution in [3.63, 3.8) is 0 Å². The Morgan fingerprint density at radius 2 is 1.67 bits per heavy atom. The minimum atomic E-state index is -0.746. The van der Waals surface area contributed by atoms with E-state index >= 15 is 0 Å².